The lowest BCUT2D eigenvalue weighted by Gasteiger charge is -2.29. The Hall–Kier alpha value is -2.61. The van der Waals surface area contributed by atoms with Gasteiger partial charge in [0.15, 0.2) is 5.96 Å². The number of anilines is 1. The number of ether oxygens (including phenoxy) is 1. The van der Waals surface area contributed by atoms with E-state index in [1.165, 1.54) is 5.69 Å². The van der Waals surface area contributed by atoms with Gasteiger partial charge < -0.3 is 20.3 Å². The van der Waals surface area contributed by atoms with E-state index in [0.29, 0.717) is 6.54 Å². The van der Waals surface area contributed by atoms with Crippen LogP contribution >= 0.6 is 0 Å². The average molecular weight is 386 g/mol. The summed E-state index contributed by atoms with van der Waals surface area (Å²) in [5, 5.41) is 11.3. The van der Waals surface area contributed by atoms with Crippen LogP contribution in [0.15, 0.2) is 29.4 Å². The van der Waals surface area contributed by atoms with E-state index in [2.05, 4.69) is 54.3 Å². The van der Waals surface area contributed by atoms with Crippen molar-refractivity contribution in [3.05, 3.63) is 41.3 Å². The van der Waals surface area contributed by atoms with E-state index in [0.717, 1.165) is 68.8 Å². The van der Waals surface area contributed by atoms with Crippen LogP contribution in [-0.2, 0) is 17.8 Å². The Bertz CT molecular complexity index is 781. The number of aromatic nitrogens is 3. The predicted molar refractivity (Wildman–Crippen MR) is 112 cm³/mol. The van der Waals surface area contributed by atoms with Crippen molar-refractivity contribution in [2.45, 2.75) is 33.4 Å². The number of hydrogen-bond acceptors (Lipinski definition) is 5. The van der Waals surface area contributed by atoms with E-state index in [1.54, 1.807) is 7.05 Å². The van der Waals surface area contributed by atoms with E-state index in [-0.39, 0.29) is 0 Å². The lowest BCUT2D eigenvalue weighted by Crippen LogP contribution is -2.39. The average Bonchev–Trinajstić information content (AvgIpc) is 3.05. The molecule has 3 rings (SSSR count). The molecule has 0 saturated carbocycles. The standard InChI is InChI=1S/C20H31N7O/c1-16-14-17(2)27(25-16)9-5-8-23-20(21-3)24-15-18-6-4-7-22-19(18)26-10-12-28-13-11-26/h4,6-7,14H,5,8-13,15H2,1-3H3,(H2,21,23,24). The molecule has 0 spiro atoms. The molecular formula is C20H31N7O. The third kappa shape index (κ3) is 5.45. The van der Waals surface area contributed by atoms with E-state index < -0.39 is 0 Å². The number of nitrogens with zero attached hydrogens (tertiary/aromatic N) is 5. The Morgan fingerprint density at radius 1 is 1.25 bits per heavy atom. The van der Waals surface area contributed by atoms with Gasteiger partial charge in [-0.25, -0.2) is 4.98 Å². The molecule has 0 radical (unpaired) electrons. The van der Waals surface area contributed by atoms with Gasteiger partial charge in [0, 0.05) is 57.2 Å². The third-order valence-electron chi connectivity index (χ3n) is 4.79. The Labute approximate surface area is 167 Å². The first-order valence-corrected chi connectivity index (χ1v) is 9.89. The summed E-state index contributed by atoms with van der Waals surface area (Å²) in [6.45, 7) is 9.79. The van der Waals surface area contributed by atoms with Gasteiger partial charge in [-0.3, -0.25) is 9.67 Å². The summed E-state index contributed by atoms with van der Waals surface area (Å²) in [5.74, 6) is 1.82. The largest absolute Gasteiger partial charge is 0.378 e. The summed E-state index contributed by atoms with van der Waals surface area (Å²) < 4.78 is 7.50. The highest BCUT2D eigenvalue weighted by Crippen LogP contribution is 2.18. The molecule has 2 aromatic rings. The maximum Gasteiger partial charge on any atom is 0.191 e. The maximum atomic E-state index is 5.45. The quantitative estimate of drug-likeness (QED) is 0.427. The van der Waals surface area contributed by atoms with Gasteiger partial charge in [-0.05, 0) is 32.4 Å². The topological polar surface area (TPSA) is 79.6 Å². The number of nitrogens with one attached hydrogen (secondary N) is 2. The Morgan fingerprint density at radius 3 is 2.79 bits per heavy atom. The zero-order chi connectivity index (χ0) is 19.8. The van der Waals surface area contributed by atoms with Gasteiger partial charge in [0.2, 0.25) is 0 Å². The molecule has 0 bridgehead atoms. The molecule has 0 amide bonds. The number of rotatable bonds is 7. The van der Waals surface area contributed by atoms with Crippen LogP contribution in [-0.4, -0.2) is 60.6 Å². The van der Waals surface area contributed by atoms with Crippen LogP contribution in [0.4, 0.5) is 5.82 Å². The summed E-state index contributed by atoms with van der Waals surface area (Å²) in [7, 11) is 1.79. The fourth-order valence-corrected chi connectivity index (χ4v) is 3.36. The van der Waals surface area contributed by atoms with Gasteiger partial charge in [0.1, 0.15) is 5.82 Å². The summed E-state index contributed by atoms with van der Waals surface area (Å²) in [6.07, 6.45) is 2.83. The molecule has 8 nitrogen and oxygen atoms in total. The molecule has 1 aliphatic heterocycles. The Morgan fingerprint density at radius 2 is 2.07 bits per heavy atom. The second kappa shape index (κ2) is 10.1. The predicted octanol–water partition coefficient (Wildman–Crippen LogP) is 1.49. The molecule has 3 heterocycles. The molecule has 28 heavy (non-hydrogen) atoms. The fraction of sp³-hybridized carbons (Fsp3) is 0.550. The molecule has 0 aromatic carbocycles. The lowest BCUT2D eigenvalue weighted by molar-refractivity contribution is 0.122. The number of guanidine groups is 1. The highest BCUT2D eigenvalue weighted by Gasteiger charge is 2.15. The number of pyridine rings is 1. The van der Waals surface area contributed by atoms with Gasteiger partial charge in [-0.2, -0.15) is 5.10 Å². The molecule has 0 atom stereocenters. The molecule has 0 aliphatic carbocycles. The van der Waals surface area contributed by atoms with E-state index >= 15 is 0 Å². The number of aliphatic imine (C=N–C) groups is 1. The first-order chi connectivity index (χ1) is 13.7. The minimum atomic E-state index is 0.678. The molecule has 0 unspecified atom stereocenters. The molecule has 1 aliphatic rings. The number of aryl methyl sites for hydroxylation is 3. The van der Waals surface area contributed by atoms with Crippen molar-refractivity contribution in [2.75, 3.05) is 44.8 Å². The highest BCUT2D eigenvalue weighted by molar-refractivity contribution is 5.79. The van der Waals surface area contributed by atoms with Crippen LogP contribution in [0.25, 0.3) is 0 Å². The molecule has 1 saturated heterocycles. The van der Waals surface area contributed by atoms with Gasteiger partial charge in [0.05, 0.1) is 18.9 Å². The highest BCUT2D eigenvalue weighted by atomic mass is 16.5. The van der Waals surface area contributed by atoms with Crippen molar-refractivity contribution in [3.63, 3.8) is 0 Å². The summed E-state index contributed by atoms with van der Waals surface area (Å²) in [5.41, 5.74) is 3.43. The molecule has 1 fully saturated rings. The summed E-state index contributed by atoms with van der Waals surface area (Å²) in [4.78, 5) is 11.2. The maximum absolute atomic E-state index is 5.45. The van der Waals surface area contributed by atoms with Gasteiger partial charge >= 0.3 is 0 Å². The van der Waals surface area contributed by atoms with Crippen LogP contribution in [0, 0.1) is 13.8 Å². The van der Waals surface area contributed by atoms with E-state index in [1.807, 2.05) is 19.2 Å². The minimum Gasteiger partial charge on any atom is -0.378 e. The molecule has 2 aromatic heterocycles. The monoisotopic (exact) mass is 385 g/mol. The smallest absolute Gasteiger partial charge is 0.191 e. The second-order valence-corrected chi connectivity index (χ2v) is 6.94. The van der Waals surface area contributed by atoms with Crippen molar-refractivity contribution in [2.24, 2.45) is 4.99 Å². The molecular weight excluding hydrogens is 354 g/mol. The molecule has 152 valence electrons. The SMILES string of the molecule is CN=C(NCCCn1nc(C)cc1C)NCc1cccnc1N1CCOCC1. The van der Waals surface area contributed by atoms with Crippen LogP contribution in [0.3, 0.4) is 0 Å². The van der Waals surface area contributed by atoms with Crippen LogP contribution < -0.4 is 15.5 Å². The van der Waals surface area contributed by atoms with Gasteiger partial charge in [-0.15, -0.1) is 0 Å². The summed E-state index contributed by atoms with van der Waals surface area (Å²) in [6, 6.07) is 6.19. The number of hydrogen-bond donors (Lipinski definition) is 2. The Kier molecular flexibility index (Phi) is 7.25. The van der Waals surface area contributed by atoms with Crippen molar-refractivity contribution < 1.29 is 4.74 Å². The Balaban J connectivity index is 1.47. The summed E-state index contributed by atoms with van der Waals surface area (Å²) >= 11 is 0. The first kappa shape index (κ1) is 20.1. The second-order valence-electron chi connectivity index (χ2n) is 6.94. The molecule has 2 N–H and O–H groups in total. The fourth-order valence-electron chi connectivity index (χ4n) is 3.36. The lowest BCUT2D eigenvalue weighted by atomic mass is 10.2. The van der Waals surface area contributed by atoms with Crippen molar-refractivity contribution in [1.82, 2.24) is 25.4 Å². The van der Waals surface area contributed by atoms with Crippen LogP contribution in [0.1, 0.15) is 23.4 Å². The zero-order valence-electron chi connectivity index (χ0n) is 17.1. The minimum absolute atomic E-state index is 0.678. The van der Waals surface area contributed by atoms with Crippen LogP contribution in [0.2, 0.25) is 0 Å². The number of morpholine rings is 1. The van der Waals surface area contributed by atoms with E-state index in [4.69, 9.17) is 4.74 Å². The van der Waals surface area contributed by atoms with E-state index in [9.17, 15) is 0 Å². The van der Waals surface area contributed by atoms with Crippen molar-refractivity contribution >= 4 is 11.8 Å². The van der Waals surface area contributed by atoms with Gasteiger partial charge in [0.25, 0.3) is 0 Å². The first-order valence-electron chi connectivity index (χ1n) is 9.89. The third-order valence-corrected chi connectivity index (χ3v) is 4.79. The van der Waals surface area contributed by atoms with Crippen molar-refractivity contribution in [1.29, 1.82) is 0 Å². The molecule has 8 heteroatoms. The van der Waals surface area contributed by atoms with Crippen LogP contribution in [0.5, 0.6) is 0 Å². The van der Waals surface area contributed by atoms with Gasteiger partial charge in [-0.1, -0.05) is 6.07 Å². The van der Waals surface area contributed by atoms with Crippen molar-refractivity contribution in [3.8, 4) is 0 Å². The zero-order valence-corrected chi connectivity index (χ0v) is 17.1. The normalized spacial score (nSPS) is 15.0.